The van der Waals surface area contributed by atoms with Crippen LogP contribution in [0.3, 0.4) is 0 Å². The summed E-state index contributed by atoms with van der Waals surface area (Å²) in [5.74, 6) is -4.94. The predicted molar refractivity (Wildman–Crippen MR) is 95.1 cm³/mol. The second-order valence-corrected chi connectivity index (χ2v) is 5.48. The number of aromatic hydroxyl groups is 1. The largest absolute Gasteiger partial charge is 0.860 e. The Morgan fingerprint density at radius 2 is 1.39 bits per heavy atom. The van der Waals surface area contributed by atoms with Crippen LogP contribution in [0.1, 0.15) is 27.4 Å². The van der Waals surface area contributed by atoms with Gasteiger partial charge in [0.15, 0.2) is 5.78 Å². The molecule has 1 aromatic carbocycles. The minimum atomic E-state index is -1.87. The Balaban J connectivity index is 0.00000280. The third-order valence-electron chi connectivity index (χ3n) is 3.80. The predicted octanol–water partition coefficient (Wildman–Crippen LogP) is -1.39. The highest BCUT2D eigenvalue weighted by Gasteiger charge is 2.32. The van der Waals surface area contributed by atoms with Crippen LogP contribution in [0.15, 0.2) is 49.5 Å². The zero-order valence-corrected chi connectivity index (χ0v) is 14.4. The van der Waals surface area contributed by atoms with E-state index in [0.29, 0.717) is 0 Å². The van der Waals surface area contributed by atoms with E-state index in [1.807, 2.05) is 9.97 Å². The molecule has 2 aromatic heterocycles. The molecule has 146 valence electrons. The molecule has 28 heavy (non-hydrogen) atoms. The summed E-state index contributed by atoms with van der Waals surface area (Å²) in [4.78, 5) is 67.3. The van der Waals surface area contributed by atoms with Crippen LogP contribution >= 0.6 is 0 Å². The summed E-state index contributed by atoms with van der Waals surface area (Å²) in [6.45, 7) is 0. The number of H-pyrrole nitrogens is 4. The molecule has 0 bridgehead atoms. The number of carbonyl (C=O) groups is 1. The quantitative estimate of drug-likeness (QED) is 0.292. The van der Waals surface area contributed by atoms with Gasteiger partial charge in [0.25, 0.3) is 11.1 Å². The van der Waals surface area contributed by atoms with Gasteiger partial charge in [-0.3, -0.25) is 29.3 Å². The molecule has 12 heteroatoms. The Morgan fingerprint density at radius 3 is 1.93 bits per heavy atom. The lowest BCUT2D eigenvalue weighted by atomic mass is 9.86. The van der Waals surface area contributed by atoms with Gasteiger partial charge in [0.05, 0.1) is 11.5 Å². The molecule has 0 spiro atoms. The molecule has 0 amide bonds. The van der Waals surface area contributed by atoms with Crippen molar-refractivity contribution >= 4 is 5.78 Å². The molecule has 0 fully saturated rings. The number of rotatable bonds is 4. The first kappa shape index (κ1) is 20.1. The lowest BCUT2D eigenvalue weighted by molar-refractivity contribution is -0.276. The number of aromatic amines is 4. The van der Waals surface area contributed by atoms with E-state index < -0.39 is 57.1 Å². The number of aromatic nitrogens is 4. The number of hydrogen-bond donors (Lipinski definition) is 6. The van der Waals surface area contributed by atoms with Crippen LogP contribution in [0.2, 0.25) is 0 Å². The van der Waals surface area contributed by atoms with E-state index in [4.69, 9.17) is 0 Å². The molecule has 9 N–H and O–H groups in total. The van der Waals surface area contributed by atoms with Crippen LogP contribution in [0.4, 0.5) is 0 Å². The van der Waals surface area contributed by atoms with Crippen molar-refractivity contribution in [2.24, 2.45) is 0 Å². The summed E-state index contributed by atoms with van der Waals surface area (Å²) < 4.78 is 0. The van der Waals surface area contributed by atoms with Crippen molar-refractivity contribution in [2.75, 3.05) is 0 Å². The van der Waals surface area contributed by atoms with Crippen molar-refractivity contribution in [3.63, 3.8) is 0 Å². The maximum Gasteiger partial charge on any atom is 0.328 e. The second-order valence-electron chi connectivity index (χ2n) is 5.48. The van der Waals surface area contributed by atoms with Gasteiger partial charge in [-0.05, 0) is 5.88 Å². The van der Waals surface area contributed by atoms with Crippen LogP contribution in [0.25, 0.3) is 0 Å². The van der Waals surface area contributed by atoms with E-state index >= 15 is 0 Å². The average molecular weight is 389 g/mol. The first-order valence-electron chi connectivity index (χ1n) is 7.48. The Labute approximate surface area is 154 Å². The smallest absolute Gasteiger partial charge is 0.328 e. The fraction of sp³-hybridized carbons (Fsp3) is 0.0625. The summed E-state index contributed by atoms with van der Waals surface area (Å²) in [5, 5.41) is 22.2. The standard InChI is InChI=1S/C16H12N4O7.H3N/c21-10(6-4-2-1-3-5-6)7(8-11(22)17-15(26)18-12(8)23)9-13(24)19-16(27)20-14(9)25;/h1-5,7H,(H3,17,18,22,23,26)(H3,19,20,24,25,27);1H3. The van der Waals surface area contributed by atoms with Gasteiger partial charge in [0.2, 0.25) is 5.88 Å². The zero-order chi connectivity index (χ0) is 19.7. The lowest BCUT2D eigenvalue weighted by Crippen LogP contribution is -2.35. The molecule has 0 saturated carbocycles. The van der Waals surface area contributed by atoms with Crippen molar-refractivity contribution in [1.82, 2.24) is 26.1 Å². The lowest BCUT2D eigenvalue weighted by Gasteiger charge is -2.20. The molecule has 0 aliphatic rings. The maximum absolute atomic E-state index is 13.0. The third kappa shape index (κ3) is 3.52. The second kappa shape index (κ2) is 7.59. The summed E-state index contributed by atoms with van der Waals surface area (Å²) in [6.07, 6.45) is 0. The number of quaternary nitrogens is 1. The Morgan fingerprint density at radius 1 is 0.857 bits per heavy atom. The molecule has 12 nitrogen and oxygen atoms in total. The normalized spacial score (nSPS) is 11.4. The summed E-state index contributed by atoms with van der Waals surface area (Å²) in [5.41, 5.74) is -5.99. The van der Waals surface area contributed by atoms with Crippen LogP contribution in [0.5, 0.6) is 11.8 Å². The van der Waals surface area contributed by atoms with Crippen molar-refractivity contribution < 1.29 is 15.0 Å². The van der Waals surface area contributed by atoms with E-state index in [0.717, 1.165) is 0 Å². The monoisotopic (exact) mass is 389 g/mol. The Kier molecular flexibility index (Phi) is 5.46. The van der Waals surface area contributed by atoms with E-state index in [1.54, 1.807) is 16.0 Å². The number of carbonyl (C=O) groups excluding carboxylic acids is 1. The molecule has 0 aliphatic heterocycles. The van der Waals surface area contributed by atoms with E-state index in [1.165, 1.54) is 24.3 Å². The fourth-order valence-electron chi connectivity index (χ4n) is 2.66. The third-order valence-corrected chi connectivity index (χ3v) is 3.80. The SMILES string of the molecule is O=C(c1ccccc1)C(c1c([O-])[nH]c(=O)[nH]c1=O)c1c(O)[nH]c(=O)[nH]c1=O.[NH4+]. The maximum atomic E-state index is 13.0. The van der Waals surface area contributed by atoms with Crippen molar-refractivity contribution in [2.45, 2.75) is 5.92 Å². The first-order valence-corrected chi connectivity index (χ1v) is 7.48. The number of Topliss-reactive ketones (excluding diaryl/α,β-unsaturated/α-hetero) is 1. The van der Waals surface area contributed by atoms with Gasteiger partial charge in [-0.25, -0.2) is 9.59 Å². The van der Waals surface area contributed by atoms with Gasteiger partial charge in [0, 0.05) is 11.1 Å². The van der Waals surface area contributed by atoms with Crippen LogP contribution in [-0.2, 0) is 0 Å². The molecule has 2 heterocycles. The van der Waals surface area contributed by atoms with E-state index in [-0.39, 0.29) is 11.7 Å². The fourth-order valence-corrected chi connectivity index (χ4v) is 2.66. The number of ketones is 1. The highest BCUT2D eigenvalue weighted by molar-refractivity contribution is 6.03. The summed E-state index contributed by atoms with van der Waals surface area (Å²) in [7, 11) is 0. The summed E-state index contributed by atoms with van der Waals surface area (Å²) >= 11 is 0. The van der Waals surface area contributed by atoms with Gasteiger partial charge in [-0.15, -0.1) is 0 Å². The summed E-state index contributed by atoms with van der Waals surface area (Å²) in [6, 6.07) is 7.38. The molecule has 3 aromatic rings. The van der Waals surface area contributed by atoms with E-state index in [2.05, 4.69) is 0 Å². The number of hydrogen-bond acceptors (Lipinski definition) is 7. The number of benzene rings is 1. The molecule has 0 radical (unpaired) electrons. The Bertz CT molecular complexity index is 1180. The van der Waals surface area contributed by atoms with Crippen LogP contribution in [0, 0.1) is 0 Å². The highest BCUT2D eigenvalue weighted by Crippen LogP contribution is 2.30. The Hall–Kier alpha value is -4.19. The van der Waals surface area contributed by atoms with Gasteiger partial charge >= 0.3 is 11.4 Å². The van der Waals surface area contributed by atoms with Crippen LogP contribution < -0.4 is 33.8 Å². The van der Waals surface area contributed by atoms with Gasteiger partial charge in [-0.1, -0.05) is 30.3 Å². The first-order chi connectivity index (χ1) is 12.8. The van der Waals surface area contributed by atoms with Gasteiger partial charge in [0.1, 0.15) is 0 Å². The molecular formula is C16H15N5O7. The highest BCUT2D eigenvalue weighted by atomic mass is 16.3. The minimum absolute atomic E-state index is 0. The van der Waals surface area contributed by atoms with E-state index in [9.17, 15) is 34.2 Å². The molecule has 1 unspecified atom stereocenters. The van der Waals surface area contributed by atoms with Crippen LogP contribution in [-0.4, -0.2) is 30.8 Å². The minimum Gasteiger partial charge on any atom is -0.860 e. The zero-order valence-electron chi connectivity index (χ0n) is 14.4. The molecule has 0 saturated heterocycles. The van der Waals surface area contributed by atoms with Gasteiger partial charge < -0.3 is 21.3 Å². The van der Waals surface area contributed by atoms with Crippen molar-refractivity contribution in [3.05, 3.63) is 88.7 Å². The molecule has 0 aliphatic carbocycles. The van der Waals surface area contributed by atoms with Gasteiger partial charge in [-0.2, -0.15) is 0 Å². The van der Waals surface area contributed by atoms with Crippen molar-refractivity contribution in [3.8, 4) is 11.8 Å². The average Bonchev–Trinajstić information content (AvgIpc) is 2.59. The van der Waals surface area contributed by atoms with Crippen molar-refractivity contribution in [1.29, 1.82) is 0 Å². The molecule has 1 atom stereocenters. The topological polar surface area (TPSA) is 228 Å². The number of nitrogens with one attached hydrogen (secondary N) is 4. The molecule has 3 rings (SSSR count). The molecular weight excluding hydrogens is 374 g/mol.